The summed E-state index contributed by atoms with van der Waals surface area (Å²) in [5, 5.41) is 7.92. The zero-order chi connectivity index (χ0) is 7.78. The van der Waals surface area contributed by atoms with Crippen molar-refractivity contribution in [1.29, 1.82) is 0 Å². The molecule has 6 heteroatoms. The molecule has 0 amide bonds. The molecule has 0 spiro atoms. The number of rotatable bonds is 1. The van der Waals surface area contributed by atoms with Gasteiger partial charge >= 0.3 is 5.97 Å². The van der Waals surface area contributed by atoms with E-state index in [4.69, 9.17) is 5.11 Å². The van der Waals surface area contributed by atoms with Crippen LogP contribution >= 0.6 is 12.4 Å². The number of carboxylic acid groups (broad SMARTS) is 1. The van der Waals surface area contributed by atoms with E-state index in [0.29, 0.717) is 0 Å². The number of hydrogen-bond donors (Lipinski definition) is 1. The fourth-order valence-electron chi connectivity index (χ4n) is 0.961. The molecule has 1 N–H and O–H groups in total. The molecule has 1 unspecified atom stereocenters. The largest absolute Gasteiger partial charge is 0.478 e. The lowest BCUT2D eigenvalue weighted by molar-refractivity contribution is -0.184. The molecule has 11 heavy (non-hydrogen) atoms. The predicted octanol–water partition coefficient (Wildman–Crippen LogP) is 1.14. The lowest BCUT2D eigenvalue weighted by atomic mass is 10.2. The Morgan fingerprint density at radius 3 is 2.36 bits per heavy atom. The summed E-state index contributed by atoms with van der Waals surface area (Å²) in [6, 6.07) is 0. The van der Waals surface area contributed by atoms with Crippen molar-refractivity contribution in [3.63, 3.8) is 0 Å². The highest BCUT2D eigenvalue weighted by Crippen LogP contribution is 2.30. The zero-order valence-electron chi connectivity index (χ0n) is 5.59. The van der Waals surface area contributed by atoms with Crippen molar-refractivity contribution < 1.29 is 18.8 Å². The quantitative estimate of drug-likeness (QED) is 0.494. The smallest absolute Gasteiger partial charge is 0.359 e. The van der Waals surface area contributed by atoms with Gasteiger partial charge in [0.2, 0.25) is 0 Å². The molecule has 0 saturated carbocycles. The van der Waals surface area contributed by atoms with Crippen LogP contribution in [0.3, 0.4) is 0 Å². The minimum Gasteiger partial charge on any atom is -0.478 e. The van der Waals surface area contributed by atoms with Gasteiger partial charge in [-0.05, 0) is 6.42 Å². The summed E-state index contributed by atoms with van der Waals surface area (Å²) >= 11 is 0. The third-order valence-corrected chi connectivity index (χ3v) is 1.57. The van der Waals surface area contributed by atoms with Crippen LogP contribution in [0.4, 0.5) is 8.87 Å². The highest BCUT2D eigenvalue weighted by molar-refractivity contribution is 5.85. The van der Waals surface area contributed by atoms with Crippen molar-refractivity contribution in [3.05, 3.63) is 0 Å². The van der Waals surface area contributed by atoms with Gasteiger partial charge in [0, 0.05) is 13.0 Å². The molecule has 66 valence electrons. The first-order valence-electron chi connectivity index (χ1n) is 2.93. The summed E-state index contributed by atoms with van der Waals surface area (Å²) in [6.45, 7) is -0.136. The summed E-state index contributed by atoms with van der Waals surface area (Å²) in [6.07, 6.45) is -0.0157. The van der Waals surface area contributed by atoms with Crippen LogP contribution in [0, 0.1) is 0 Å². The third-order valence-electron chi connectivity index (χ3n) is 1.57. The lowest BCUT2D eigenvalue weighted by Gasteiger charge is -2.17. The average molecular weight is 188 g/mol. The third kappa shape index (κ3) is 1.59. The Kier molecular flexibility index (Phi) is 3.19. The van der Waals surface area contributed by atoms with Gasteiger partial charge in [0.25, 0.3) is 5.79 Å². The molecule has 0 bridgehead atoms. The maximum Gasteiger partial charge on any atom is 0.359 e. The summed E-state index contributed by atoms with van der Waals surface area (Å²) < 4.78 is 25.1. The van der Waals surface area contributed by atoms with Crippen molar-refractivity contribution in [1.82, 2.24) is 5.12 Å². The fraction of sp³-hybridized carbons (Fsp3) is 0.800. The molecule has 1 fully saturated rings. The van der Waals surface area contributed by atoms with Gasteiger partial charge < -0.3 is 5.11 Å². The minimum absolute atomic E-state index is 0. The van der Waals surface area contributed by atoms with Gasteiger partial charge in [-0.25, -0.2) is 9.18 Å². The summed E-state index contributed by atoms with van der Waals surface area (Å²) in [4.78, 5) is 10.1. The maximum atomic E-state index is 12.8. The van der Waals surface area contributed by atoms with Crippen LogP contribution in [-0.4, -0.2) is 28.5 Å². The zero-order valence-corrected chi connectivity index (χ0v) is 6.40. The summed E-state index contributed by atoms with van der Waals surface area (Å²) in [5.41, 5.74) is 0. The molecule has 1 rings (SSSR count). The molecule has 0 aromatic heterocycles. The standard InChI is InChI=1S/C5H7F2NO2.ClH/c6-5(4(9)10)2-1-3-8(5)7;/h1-3H2,(H,9,10);1H. The monoisotopic (exact) mass is 187 g/mol. The van der Waals surface area contributed by atoms with Crippen LogP contribution in [0.5, 0.6) is 0 Å². The van der Waals surface area contributed by atoms with Gasteiger partial charge in [-0.2, -0.15) is 0 Å². The highest BCUT2D eigenvalue weighted by Gasteiger charge is 2.49. The van der Waals surface area contributed by atoms with E-state index >= 15 is 0 Å². The Balaban J connectivity index is 0.000001000. The Bertz CT molecular complexity index is 169. The molecule has 1 heterocycles. The van der Waals surface area contributed by atoms with Gasteiger partial charge in [-0.15, -0.1) is 16.9 Å². The van der Waals surface area contributed by atoms with E-state index in [1.54, 1.807) is 0 Å². The van der Waals surface area contributed by atoms with Crippen molar-refractivity contribution >= 4 is 18.4 Å². The number of nitrogens with zero attached hydrogens (tertiary/aromatic N) is 1. The first-order valence-corrected chi connectivity index (χ1v) is 2.93. The molecule has 0 aliphatic carbocycles. The Morgan fingerprint density at radius 2 is 2.18 bits per heavy atom. The van der Waals surface area contributed by atoms with Gasteiger partial charge in [0.1, 0.15) is 0 Å². The maximum absolute atomic E-state index is 12.8. The van der Waals surface area contributed by atoms with E-state index in [1.807, 2.05) is 0 Å². The molecular formula is C5H8ClF2NO2. The molecule has 0 aromatic rings. The van der Waals surface area contributed by atoms with Crippen LogP contribution in [0.25, 0.3) is 0 Å². The van der Waals surface area contributed by atoms with E-state index in [2.05, 4.69) is 0 Å². The lowest BCUT2D eigenvalue weighted by Crippen LogP contribution is -2.41. The predicted molar refractivity (Wildman–Crippen MR) is 35.8 cm³/mol. The number of halogens is 3. The van der Waals surface area contributed by atoms with E-state index in [-0.39, 0.29) is 36.9 Å². The van der Waals surface area contributed by atoms with Gasteiger partial charge in [-0.3, -0.25) is 0 Å². The molecule has 0 aromatic carbocycles. The Morgan fingerprint density at radius 1 is 1.64 bits per heavy atom. The molecule has 1 atom stereocenters. The first kappa shape index (κ1) is 10.6. The summed E-state index contributed by atoms with van der Waals surface area (Å²) in [5.74, 6) is -4.51. The van der Waals surface area contributed by atoms with E-state index in [9.17, 15) is 13.7 Å². The van der Waals surface area contributed by atoms with Gasteiger partial charge in [-0.1, -0.05) is 5.12 Å². The Hall–Kier alpha value is -0.420. The molecule has 3 nitrogen and oxygen atoms in total. The highest BCUT2D eigenvalue weighted by atomic mass is 35.5. The van der Waals surface area contributed by atoms with Crippen LogP contribution in [-0.2, 0) is 4.79 Å². The van der Waals surface area contributed by atoms with E-state index < -0.39 is 11.8 Å². The fourth-order valence-corrected chi connectivity index (χ4v) is 0.961. The number of hydrogen-bond acceptors (Lipinski definition) is 2. The number of carboxylic acids is 1. The normalized spacial score (nSPS) is 31.5. The number of carbonyl (C=O) groups is 1. The minimum atomic E-state index is -2.76. The second-order valence-electron chi connectivity index (χ2n) is 2.25. The number of aliphatic carboxylic acids is 1. The first-order chi connectivity index (χ1) is 4.57. The van der Waals surface area contributed by atoms with E-state index in [0.717, 1.165) is 0 Å². The van der Waals surface area contributed by atoms with Crippen molar-refractivity contribution in [3.8, 4) is 0 Å². The Labute approximate surface area is 68.3 Å². The molecule has 1 saturated heterocycles. The van der Waals surface area contributed by atoms with Crippen LogP contribution in [0.2, 0.25) is 0 Å². The molecular weight excluding hydrogens is 180 g/mol. The van der Waals surface area contributed by atoms with E-state index in [1.165, 1.54) is 0 Å². The van der Waals surface area contributed by atoms with Crippen molar-refractivity contribution in [2.45, 2.75) is 18.6 Å². The van der Waals surface area contributed by atoms with Gasteiger partial charge in [0.15, 0.2) is 0 Å². The molecule has 1 aliphatic rings. The van der Waals surface area contributed by atoms with Crippen LogP contribution in [0.15, 0.2) is 0 Å². The van der Waals surface area contributed by atoms with Gasteiger partial charge in [0.05, 0.1) is 0 Å². The second-order valence-corrected chi connectivity index (χ2v) is 2.25. The van der Waals surface area contributed by atoms with Crippen LogP contribution in [0.1, 0.15) is 12.8 Å². The molecule has 0 radical (unpaired) electrons. The topological polar surface area (TPSA) is 40.5 Å². The second kappa shape index (κ2) is 3.32. The van der Waals surface area contributed by atoms with Crippen molar-refractivity contribution in [2.75, 3.05) is 6.54 Å². The number of alkyl halides is 1. The molecule has 1 aliphatic heterocycles. The summed E-state index contributed by atoms with van der Waals surface area (Å²) in [7, 11) is 0. The average Bonchev–Trinajstić information content (AvgIpc) is 2.15. The van der Waals surface area contributed by atoms with Crippen LogP contribution < -0.4 is 0 Å². The van der Waals surface area contributed by atoms with Crippen molar-refractivity contribution in [2.24, 2.45) is 0 Å². The SMILES string of the molecule is Cl.O=C(O)C1(F)CCCN1F.